The Kier molecular flexibility index (Phi) is 4.77. The molecule has 6 heteroatoms. The van der Waals surface area contributed by atoms with Crippen LogP contribution in [0.3, 0.4) is 0 Å². The molecule has 0 bridgehead atoms. The lowest BCUT2D eigenvalue weighted by atomic mass is 10.2. The van der Waals surface area contributed by atoms with Gasteiger partial charge in [-0.3, -0.25) is 4.79 Å². The SMILES string of the molecule is Cc1nc(S[C@@H](C)c2cccc(F)c2)sc1CC(N)=O. The maximum absolute atomic E-state index is 13.2. The molecule has 1 heterocycles. The molecular formula is C14H15FN2OS2. The van der Waals surface area contributed by atoms with E-state index in [0.717, 1.165) is 20.5 Å². The van der Waals surface area contributed by atoms with E-state index in [9.17, 15) is 9.18 Å². The first kappa shape index (κ1) is 15.0. The van der Waals surface area contributed by atoms with E-state index in [1.54, 1.807) is 17.8 Å². The van der Waals surface area contributed by atoms with Crippen LogP contribution in [0.25, 0.3) is 0 Å². The standard InChI is InChI=1S/C14H15FN2OS2/c1-8-12(7-13(16)18)20-14(17-8)19-9(2)10-4-3-5-11(15)6-10/h3-6,9H,7H2,1-2H3,(H2,16,18)/t9-/m0/s1. The van der Waals surface area contributed by atoms with Crippen molar-refractivity contribution >= 4 is 29.0 Å². The van der Waals surface area contributed by atoms with Crippen LogP contribution in [0.1, 0.15) is 28.3 Å². The van der Waals surface area contributed by atoms with Gasteiger partial charge in [-0.1, -0.05) is 23.9 Å². The van der Waals surface area contributed by atoms with E-state index < -0.39 is 0 Å². The number of nitrogens with zero attached hydrogens (tertiary/aromatic N) is 1. The summed E-state index contributed by atoms with van der Waals surface area (Å²) >= 11 is 3.03. The number of thioether (sulfide) groups is 1. The number of carbonyl (C=O) groups is 1. The molecule has 3 nitrogen and oxygen atoms in total. The molecule has 1 aromatic carbocycles. The molecule has 1 atom stereocenters. The number of benzene rings is 1. The minimum Gasteiger partial charge on any atom is -0.369 e. The van der Waals surface area contributed by atoms with Gasteiger partial charge in [0.25, 0.3) is 0 Å². The lowest BCUT2D eigenvalue weighted by Crippen LogP contribution is -2.13. The Labute approximate surface area is 125 Å². The molecule has 2 N–H and O–H groups in total. The van der Waals surface area contributed by atoms with Gasteiger partial charge in [0.05, 0.1) is 12.1 Å². The van der Waals surface area contributed by atoms with Gasteiger partial charge in [0.1, 0.15) is 5.82 Å². The second-order valence-electron chi connectivity index (χ2n) is 4.45. The minimum absolute atomic E-state index is 0.0951. The minimum atomic E-state index is -0.355. The van der Waals surface area contributed by atoms with E-state index in [1.165, 1.54) is 23.5 Å². The highest BCUT2D eigenvalue weighted by Crippen LogP contribution is 2.38. The van der Waals surface area contributed by atoms with E-state index in [0.29, 0.717) is 0 Å². The Morgan fingerprint density at radius 2 is 2.30 bits per heavy atom. The number of amides is 1. The van der Waals surface area contributed by atoms with Crippen LogP contribution in [-0.2, 0) is 11.2 Å². The molecule has 0 aliphatic carbocycles. The summed E-state index contributed by atoms with van der Waals surface area (Å²) in [5.41, 5.74) is 6.95. The van der Waals surface area contributed by atoms with Crippen LogP contribution in [0.15, 0.2) is 28.6 Å². The van der Waals surface area contributed by atoms with Gasteiger partial charge in [0.2, 0.25) is 5.91 Å². The molecule has 20 heavy (non-hydrogen) atoms. The van der Waals surface area contributed by atoms with Crippen molar-refractivity contribution in [2.75, 3.05) is 0 Å². The van der Waals surface area contributed by atoms with Crippen LogP contribution in [-0.4, -0.2) is 10.9 Å². The van der Waals surface area contributed by atoms with Crippen molar-refractivity contribution < 1.29 is 9.18 Å². The highest BCUT2D eigenvalue weighted by Gasteiger charge is 2.14. The maximum atomic E-state index is 13.2. The Bertz CT molecular complexity index is 627. The third-order valence-electron chi connectivity index (χ3n) is 2.80. The summed E-state index contributed by atoms with van der Waals surface area (Å²) in [6, 6.07) is 6.56. The molecule has 2 rings (SSSR count). The summed E-state index contributed by atoms with van der Waals surface area (Å²) in [6.07, 6.45) is 0.221. The van der Waals surface area contributed by atoms with Gasteiger partial charge in [-0.2, -0.15) is 0 Å². The van der Waals surface area contributed by atoms with Crippen LogP contribution in [0, 0.1) is 12.7 Å². The number of hydrogen-bond acceptors (Lipinski definition) is 4. The number of aromatic nitrogens is 1. The van der Waals surface area contributed by atoms with Gasteiger partial charge >= 0.3 is 0 Å². The van der Waals surface area contributed by atoms with Crippen molar-refractivity contribution in [1.82, 2.24) is 4.98 Å². The Morgan fingerprint density at radius 1 is 1.55 bits per heavy atom. The Balaban J connectivity index is 2.12. The quantitative estimate of drug-likeness (QED) is 0.860. The van der Waals surface area contributed by atoms with E-state index in [1.807, 2.05) is 19.9 Å². The molecular weight excluding hydrogens is 295 g/mol. The molecule has 0 aliphatic rings. The lowest BCUT2D eigenvalue weighted by Gasteiger charge is -2.09. The molecule has 2 aromatic rings. The van der Waals surface area contributed by atoms with Crippen LogP contribution in [0.2, 0.25) is 0 Å². The first-order chi connectivity index (χ1) is 9.45. The first-order valence-electron chi connectivity index (χ1n) is 6.12. The highest BCUT2D eigenvalue weighted by molar-refractivity contribution is 8.01. The molecule has 0 fully saturated rings. The average molecular weight is 310 g/mol. The normalized spacial score (nSPS) is 12.3. The molecule has 0 saturated carbocycles. The zero-order valence-electron chi connectivity index (χ0n) is 11.2. The Hall–Kier alpha value is -1.40. The van der Waals surface area contributed by atoms with E-state index >= 15 is 0 Å². The predicted octanol–water partition coefficient (Wildman–Crippen LogP) is 3.47. The fourth-order valence-corrected chi connectivity index (χ4v) is 4.26. The van der Waals surface area contributed by atoms with Crippen molar-refractivity contribution in [3.8, 4) is 0 Å². The molecule has 1 aromatic heterocycles. The molecule has 0 unspecified atom stereocenters. The lowest BCUT2D eigenvalue weighted by molar-refractivity contribution is -0.117. The van der Waals surface area contributed by atoms with Crippen LogP contribution < -0.4 is 5.73 Å². The fraction of sp³-hybridized carbons (Fsp3) is 0.286. The first-order valence-corrected chi connectivity index (χ1v) is 7.82. The number of nitrogens with two attached hydrogens (primary N) is 1. The third-order valence-corrected chi connectivity index (χ3v) is 5.21. The van der Waals surface area contributed by atoms with Crippen LogP contribution in [0.4, 0.5) is 4.39 Å². The summed E-state index contributed by atoms with van der Waals surface area (Å²) < 4.78 is 14.1. The number of rotatable bonds is 5. The van der Waals surface area contributed by atoms with Crippen LogP contribution in [0.5, 0.6) is 0 Å². The molecule has 106 valence electrons. The highest BCUT2D eigenvalue weighted by atomic mass is 32.2. The fourth-order valence-electron chi connectivity index (χ4n) is 1.75. The zero-order chi connectivity index (χ0) is 14.7. The van der Waals surface area contributed by atoms with Gasteiger partial charge in [-0.25, -0.2) is 9.37 Å². The van der Waals surface area contributed by atoms with Crippen molar-refractivity contribution in [3.05, 3.63) is 46.2 Å². The predicted molar refractivity (Wildman–Crippen MR) is 80.4 cm³/mol. The molecule has 0 radical (unpaired) electrons. The number of carbonyl (C=O) groups excluding carboxylic acids is 1. The number of primary amides is 1. The summed E-state index contributed by atoms with van der Waals surface area (Å²) in [4.78, 5) is 16.3. The second-order valence-corrected chi connectivity index (χ2v) is 7.12. The van der Waals surface area contributed by atoms with Gasteiger partial charge < -0.3 is 5.73 Å². The molecule has 0 spiro atoms. The van der Waals surface area contributed by atoms with Crippen LogP contribution >= 0.6 is 23.1 Å². The van der Waals surface area contributed by atoms with Crippen molar-refractivity contribution in [1.29, 1.82) is 0 Å². The van der Waals surface area contributed by atoms with E-state index in [4.69, 9.17) is 5.73 Å². The largest absolute Gasteiger partial charge is 0.369 e. The molecule has 0 saturated heterocycles. The summed E-state index contributed by atoms with van der Waals surface area (Å²) in [7, 11) is 0. The van der Waals surface area contributed by atoms with Crippen molar-refractivity contribution in [2.24, 2.45) is 5.73 Å². The van der Waals surface area contributed by atoms with Gasteiger partial charge in [-0.05, 0) is 31.5 Å². The number of thiazole rings is 1. The van der Waals surface area contributed by atoms with Gasteiger partial charge in [0.15, 0.2) is 4.34 Å². The summed E-state index contributed by atoms with van der Waals surface area (Å²) in [5.74, 6) is -0.592. The topological polar surface area (TPSA) is 56.0 Å². The summed E-state index contributed by atoms with van der Waals surface area (Å²) in [6.45, 7) is 3.87. The molecule has 0 aliphatic heterocycles. The van der Waals surface area contributed by atoms with Crippen molar-refractivity contribution in [2.45, 2.75) is 29.9 Å². The van der Waals surface area contributed by atoms with Gasteiger partial charge in [-0.15, -0.1) is 11.3 Å². The number of halogens is 1. The third kappa shape index (κ3) is 3.80. The second kappa shape index (κ2) is 6.37. The number of hydrogen-bond donors (Lipinski definition) is 1. The average Bonchev–Trinajstić information content (AvgIpc) is 2.68. The van der Waals surface area contributed by atoms with E-state index in [-0.39, 0.29) is 23.4 Å². The number of aryl methyl sites for hydroxylation is 1. The Morgan fingerprint density at radius 3 is 2.95 bits per heavy atom. The van der Waals surface area contributed by atoms with Crippen molar-refractivity contribution in [3.63, 3.8) is 0 Å². The monoisotopic (exact) mass is 310 g/mol. The summed E-state index contributed by atoms with van der Waals surface area (Å²) in [5, 5.41) is 0.0951. The van der Waals surface area contributed by atoms with Gasteiger partial charge in [0, 0.05) is 10.1 Å². The molecule has 1 amide bonds. The zero-order valence-corrected chi connectivity index (χ0v) is 12.9. The maximum Gasteiger partial charge on any atom is 0.222 e. The van der Waals surface area contributed by atoms with E-state index in [2.05, 4.69) is 4.98 Å². The smallest absolute Gasteiger partial charge is 0.222 e.